The molecule has 0 aromatic heterocycles. The van der Waals surface area contributed by atoms with Gasteiger partial charge in [0, 0.05) is 6.07 Å². The van der Waals surface area contributed by atoms with Gasteiger partial charge in [-0.1, -0.05) is 0 Å². The standard InChI is InChI=1S/C12H8FN3O5/c13-7-1-3-8(4-2-7)21-12-5-9(14)10(15(17)18)6-11(12)16(19)20/h1-6H,14H2. The Balaban J connectivity index is 2.47. The van der Waals surface area contributed by atoms with Crippen molar-refractivity contribution in [1.82, 2.24) is 0 Å². The lowest BCUT2D eigenvalue weighted by molar-refractivity contribution is -0.394. The summed E-state index contributed by atoms with van der Waals surface area (Å²) in [5.74, 6) is -0.637. The van der Waals surface area contributed by atoms with E-state index in [1.54, 1.807) is 0 Å². The molecule has 9 heteroatoms. The minimum absolute atomic E-state index is 0.132. The van der Waals surface area contributed by atoms with Gasteiger partial charge >= 0.3 is 5.69 Å². The van der Waals surface area contributed by atoms with E-state index in [0.717, 1.165) is 18.2 Å². The molecule has 2 N–H and O–H groups in total. The number of nitrogens with two attached hydrogens (primary N) is 1. The van der Waals surface area contributed by atoms with E-state index < -0.39 is 27.0 Å². The molecule has 0 aliphatic carbocycles. The first kappa shape index (κ1) is 14.2. The highest BCUT2D eigenvalue weighted by Gasteiger charge is 2.24. The summed E-state index contributed by atoms with van der Waals surface area (Å²) >= 11 is 0. The number of nitrogen functional groups attached to an aromatic ring is 1. The van der Waals surface area contributed by atoms with E-state index in [4.69, 9.17) is 10.5 Å². The second-order valence-corrected chi connectivity index (χ2v) is 3.95. The molecule has 0 bridgehead atoms. The van der Waals surface area contributed by atoms with E-state index in [9.17, 15) is 24.6 Å². The molecule has 0 amide bonds. The highest BCUT2D eigenvalue weighted by atomic mass is 19.1. The van der Waals surface area contributed by atoms with Crippen LogP contribution in [0.5, 0.6) is 11.5 Å². The van der Waals surface area contributed by atoms with Crippen molar-refractivity contribution in [3.8, 4) is 11.5 Å². The molecule has 0 fully saturated rings. The molecule has 0 atom stereocenters. The first-order valence-corrected chi connectivity index (χ1v) is 5.54. The number of hydrogen-bond acceptors (Lipinski definition) is 6. The van der Waals surface area contributed by atoms with Crippen LogP contribution in [0.3, 0.4) is 0 Å². The van der Waals surface area contributed by atoms with Crippen LogP contribution in [0, 0.1) is 26.0 Å². The Morgan fingerprint density at radius 2 is 1.57 bits per heavy atom. The molecule has 2 aromatic rings. The molecule has 8 nitrogen and oxygen atoms in total. The molecule has 0 aliphatic rings. The first-order chi connectivity index (χ1) is 9.88. The van der Waals surface area contributed by atoms with Gasteiger partial charge in [0.05, 0.1) is 15.9 Å². The zero-order valence-electron chi connectivity index (χ0n) is 10.4. The minimum atomic E-state index is -0.829. The van der Waals surface area contributed by atoms with Crippen LogP contribution in [0.25, 0.3) is 0 Å². The molecular formula is C12H8FN3O5. The van der Waals surface area contributed by atoms with E-state index >= 15 is 0 Å². The second-order valence-electron chi connectivity index (χ2n) is 3.95. The molecule has 108 valence electrons. The summed E-state index contributed by atoms with van der Waals surface area (Å²) in [6, 6.07) is 6.44. The zero-order valence-corrected chi connectivity index (χ0v) is 10.4. The van der Waals surface area contributed by atoms with Crippen LogP contribution in [-0.4, -0.2) is 9.85 Å². The zero-order chi connectivity index (χ0) is 15.6. The fraction of sp³-hybridized carbons (Fsp3) is 0. The third-order valence-electron chi connectivity index (χ3n) is 2.54. The lowest BCUT2D eigenvalue weighted by atomic mass is 10.2. The topological polar surface area (TPSA) is 122 Å². The van der Waals surface area contributed by atoms with Gasteiger partial charge < -0.3 is 10.5 Å². The Morgan fingerprint density at radius 3 is 2.10 bits per heavy atom. The van der Waals surface area contributed by atoms with Gasteiger partial charge in [0.2, 0.25) is 5.75 Å². The van der Waals surface area contributed by atoms with E-state index in [-0.39, 0.29) is 17.2 Å². The lowest BCUT2D eigenvalue weighted by Gasteiger charge is -2.07. The van der Waals surface area contributed by atoms with E-state index in [0.29, 0.717) is 6.07 Å². The molecule has 0 radical (unpaired) electrons. The van der Waals surface area contributed by atoms with Crippen molar-refractivity contribution in [3.05, 3.63) is 62.4 Å². The summed E-state index contributed by atoms with van der Waals surface area (Å²) in [4.78, 5) is 20.0. The second kappa shape index (κ2) is 5.41. The normalized spacial score (nSPS) is 10.1. The molecule has 0 aliphatic heterocycles. The van der Waals surface area contributed by atoms with Gasteiger partial charge in [0.15, 0.2) is 0 Å². The molecule has 0 heterocycles. The van der Waals surface area contributed by atoms with Crippen molar-refractivity contribution in [2.45, 2.75) is 0 Å². The average molecular weight is 293 g/mol. The number of halogens is 1. The number of anilines is 1. The average Bonchev–Trinajstić information content (AvgIpc) is 2.40. The fourth-order valence-corrected chi connectivity index (χ4v) is 1.59. The van der Waals surface area contributed by atoms with E-state index in [1.807, 2.05) is 0 Å². The Kier molecular flexibility index (Phi) is 3.65. The molecule has 2 rings (SSSR count). The predicted molar refractivity (Wildman–Crippen MR) is 70.6 cm³/mol. The van der Waals surface area contributed by atoms with Gasteiger partial charge in [-0.05, 0) is 24.3 Å². The number of ether oxygens (including phenoxy) is 1. The van der Waals surface area contributed by atoms with E-state index in [1.165, 1.54) is 12.1 Å². The summed E-state index contributed by atoms with van der Waals surface area (Å²) in [7, 11) is 0. The van der Waals surface area contributed by atoms with Crippen molar-refractivity contribution in [3.63, 3.8) is 0 Å². The van der Waals surface area contributed by atoms with Crippen LogP contribution in [-0.2, 0) is 0 Å². The summed E-state index contributed by atoms with van der Waals surface area (Å²) < 4.78 is 18.0. The Labute approximate surface area is 116 Å². The summed E-state index contributed by atoms with van der Waals surface area (Å²) in [6.45, 7) is 0. The Hall–Kier alpha value is -3.23. The Morgan fingerprint density at radius 1 is 1.00 bits per heavy atom. The molecular weight excluding hydrogens is 285 g/mol. The number of nitro groups is 2. The number of benzene rings is 2. The maximum atomic E-state index is 12.8. The minimum Gasteiger partial charge on any atom is -0.450 e. The highest BCUT2D eigenvalue weighted by Crippen LogP contribution is 2.38. The fourth-order valence-electron chi connectivity index (χ4n) is 1.59. The largest absolute Gasteiger partial charge is 0.450 e. The summed E-state index contributed by atoms with van der Waals surface area (Å²) in [5.41, 5.74) is 3.99. The summed E-state index contributed by atoms with van der Waals surface area (Å²) in [5, 5.41) is 21.7. The smallest absolute Gasteiger partial charge is 0.318 e. The Bertz CT molecular complexity index is 718. The predicted octanol–water partition coefficient (Wildman–Crippen LogP) is 3.02. The van der Waals surface area contributed by atoms with Crippen molar-refractivity contribution in [2.24, 2.45) is 0 Å². The van der Waals surface area contributed by atoms with Crippen LogP contribution < -0.4 is 10.5 Å². The molecule has 0 spiro atoms. The van der Waals surface area contributed by atoms with Gasteiger partial charge in [-0.3, -0.25) is 20.2 Å². The molecule has 0 unspecified atom stereocenters. The summed E-state index contributed by atoms with van der Waals surface area (Å²) in [6.07, 6.45) is 0. The van der Waals surface area contributed by atoms with Crippen molar-refractivity contribution in [2.75, 3.05) is 5.73 Å². The maximum absolute atomic E-state index is 12.8. The van der Waals surface area contributed by atoms with Crippen molar-refractivity contribution >= 4 is 17.1 Å². The van der Waals surface area contributed by atoms with Crippen LogP contribution >= 0.6 is 0 Å². The van der Waals surface area contributed by atoms with Crippen LogP contribution in [0.15, 0.2) is 36.4 Å². The lowest BCUT2D eigenvalue weighted by Crippen LogP contribution is -2.00. The molecule has 21 heavy (non-hydrogen) atoms. The van der Waals surface area contributed by atoms with Crippen molar-refractivity contribution < 1.29 is 19.0 Å². The highest BCUT2D eigenvalue weighted by molar-refractivity contribution is 5.68. The SMILES string of the molecule is Nc1cc(Oc2ccc(F)cc2)c([N+](=O)[O-])cc1[N+](=O)[O-]. The molecule has 0 saturated carbocycles. The van der Waals surface area contributed by atoms with Gasteiger partial charge in [-0.25, -0.2) is 4.39 Å². The van der Waals surface area contributed by atoms with Crippen LogP contribution in [0.4, 0.5) is 21.5 Å². The number of hydrogen-bond donors (Lipinski definition) is 1. The maximum Gasteiger partial charge on any atom is 0.318 e. The van der Waals surface area contributed by atoms with Gasteiger partial charge in [0.25, 0.3) is 5.69 Å². The molecule has 0 saturated heterocycles. The number of rotatable bonds is 4. The van der Waals surface area contributed by atoms with Crippen LogP contribution in [0.2, 0.25) is 0 Å². The van der Waals surface area contributed by atoms with Crippen molar-refractivity contribution in [1.29, 1.82) is 0 Å². The number of nitro benzene ring substituents is 2. The third kappa shape index (κ3) is 3.03. The van der Waals surface area contributed by atoms with Crippen LogP contribution in [0.1, 0.15) is 0 Å². The monoisotopic (exact) mass is 293 g/mol. The third-order valence-corrected chi connectivity index (χ3v) is 2.54. The number of nitrogens with zero attached hydrogens (tertiary/aromatic N) is 2. The van der Waals surface area contributed by atoms with Gasteiger partial charge in [0.1, 0.15) is 17.3 Å². The van der Waals surface area contributed by atoms with Gasteiger partial charge in [-0.15, -0.1) is 0 Å². The quantitative estimate of drug-likeness (QED) is 0.525. The first-order valence-electron chi connectivity index (χ1n) is 5.54. The van der Waals surface area contributed by atoms with E-state index in [2.05, 4.69) is 0 Å². The molecule has 2 aromatic carbocycles. The van der Waals surface area contributed by atoms with Gasteiger partial charge in [-0.2, -0.15) is 0 Å².